The molecule has 1 aliphatic rings. The number of hydrogen-bond acceptors (Lipinski definition) is 8. The summed E-state index contributed by atoms with van der Waals surface area (Å²) in [4.78, 5) is 28.4. The van der Waals surface area contributed by atoms with Crippen molar-refractivity contribution in [3.63, 3.8) is 0 Å². The lowest BCUT2D eigenvalue weighted by molar-refractivity contribution is -0.134. The number of amides is 2. The standard InChI is InChI=1S/C20H27N5O4S/c1-15-22-23-20(30-15)21-18(26)7-8-19(27)25-11-9-24(10-12-25)13-14-29-17-5-3-16(28-2)4-6-17/h3-6H,7-14H2,1-2H3,(H,21,23,26). The molecule has 1 fully saturated rings. The summed E-state index contributed by atoms with van der Waals surface area (Å²) in [5.74, 6) is 1.41. The van der Waals surface area contributed by atoms with E-state index in [0.29, 0.717) is 24.8 Å². The molecule has 0 radical (unpaired) electrons. The minimum Gasteiger partial charge on any atom is -0.497 e. The van der Waals surface area contributed by atoms with Crippen LogP contribution in [0, 0.1) is 6.92 Å². The fraction of sp³-hybridized carbons (Fsp3) is 0.500. The Morgan fingerprint density at radius 3 is 2.40 bits per heavy atom. The van der Waals surface area contributed by atoms with Gasteiger partial charge in [0.25, 0.3) is 0 Å². The monoisotopic (exact) mass is 433 g/mol. The van der Waals surface area contributed by atoms with Gasteiger partial charge in [0.05, 0.1) is 7.11 Å². The Hall–Kier alpha value is -2.72. The van der Waals surface area contributed by atoms with Crippen molar-refractivity contribution in [2.24, 2.45) is 0 Å². The van der Waals surface area contributed by atoms with Crippen LogP contribution in [0.1, 0.15) is 17.8 Å². The summed E-state index contributed by atoms with van der Waals surface area (Å²) in [7, 11) is 1.64. The Kier molecular flexibility index (Phi) is 7.97. The number of methoxy groups -OCH3 is 1. The van der Waals surface area contributed by atoms with E-state index in [2.05, 4.69) is 20.4 Å². The van der Waals surface area contributed by atoms with Gasteiger partial charge in [0, 0.05) is 45.6 Å². The molecule has 0 saturated carbocycles. The number of anilines is 1. The molecule has 0 spiro atoms. The SMILES string of the molecule is COc1ccc(OCCN2CCN(C(=O)CCC(=O)Nc3nnc(C)s3)CC2)cc1. The number of rotatable bonds is 9. The lowest BCUT2D eigenvalue weighted by atomic mass is 10.2. The topological polar surface area (TPSA) is 96.9 Å². The van der Waals surface area contributed by atoms with Crippen LogP contribution in [0.4, 0.5) is 5.13 Å². The van der Waals surface area contributed by atoms with Gasteiger partial charge in [0.1, 0.15) is 23.1 Å². The maximum Gasteiger partial charge on any atom is 0.226 e. The summed E-state index contributed by atoms with van der Waals surface area (Å²) in [6.45, 7) is 6.14. The quantitative estimate of drug-likeness (QED) is 0.644. The van der Waals surface area contributed by atoms with E-state index in [1.807, 2.05) is 36.1 Å². The molecule has 0 unspecified atom stereocenters. The first-order valence-electron chi connectivity index (χ1n) is 9.90. The number of aryl methyl sites for hydroxylation is 1. The zero-order valence-corrected chi connectivity index (χ0v) is 18.1. The van der Waals surface area contributed by atoms with Gasteiger partial charge in [-0.15, -0.1) is 10.2 Å². The third-order valence-corrected chi connectivity index (χ3v) is 5.55. The Labute approximate surface area is 180 Å². The van der Waals surface area contributed by atoms with Crippen LogP contribution in [-0.2, 0) is 9.59 Å². The summed E-state index contributed by atoms with van der Waals surface area (Å²) in [6, 6.07) is 7.51. The van der Waals surface area contributed by atoms with Gasteiger partial charge in [-0.2, -0.15) is 0 Å². The molecular formula is C20H27N5O4S. The average molecular weight is 434 g/mol. The molecule has 0 bridgehead atoms. The molecule has 1 aromatic carbocycles. The molecule has 9 nitrogen and oxygen atoms in total. The molecule has 30 heavy (non-hydrogen) atoms. The number of carbonyl (C=O) groups excluding carboxylic acids is 2. The van der Waals surface area contributed by atoms with Crippen molar-refractivity contribution in [2.45, 2.75) is 19.8 Å². The van der Waals surface area contributed by atoms with E-state index in [9.17, 15) is 9.59 Å². The van der Waals surface area contributed by atoms with Gasteiger partial charge in [0.15, 0.2) is 0 Å². The number of hydrogen-bond donors (Lipinski definition) is 1. The van der Waals surface area contributed by atoms with Crippen LogP contribution < -0.4 is 14.8 Å². The van der Waals surface area contributed by atoms with Gasteiger partial charge in [-0.05, 0) is 31.2 Å². The lowest BCUT2D eigenvalue weighted by Crippen LogP contribution is -2.49. The highest BCUT2D eigenvalue weighted by Crippen LogP contribution is 2.17. The first-order chi connectivity index (χ1) is 14.5. The minimum absolute atomic E-state index is 0.00715. The number of nitrogens with one attached hydrogen (secondary N) is 1. The first-order valence-corrected chi connectivity index (χ1v) is 10.7. The first kappa shape index (κ1) is 22.0. The van der Waals surface area contributed by atoms with E-state index in [-0.39, 0.29) is 24.7 Å². The maximum absolute atomic E-state index is 12.4. The lowest BCUT2D eigenvalue weighted by Gasteiger charge is -2.34. The molecule has 1 aliphatic heterocycles. The van der Waals surface area contributed by atoms with Gasteiger partial charge in [-0.25, -0.2) is 0 Å². The van der Waals surface area contributed by atoms with Gasteiger partial charge in [-0.1, -0.05) is 11.3 Å². The van der Waals surface area contributed by atoms with Crippen molar-refractivity contribution in [3.8, 4) is 11.5 Å². The molecule has 3 rings (SSSR count). The van der Waals surface area contributed by atoms with E-state index >= 15 is 0 Å². The third kappa shape index (κ3) is 6.67. The van der Waals surface area contributed by atoms with Gasteiger partial charge in [-0.3, -0.25) is 14.5 Å². The normalized spacial score (nSPS) is 14.4. The van der Waals surface area contributed by atoms with Crippen LogP contribution in [0.25, 0.3) is 0 Å². The van der Waals surface area contributed by atoms with Crippen molar-refractivity contribution >= 4 is 28.3 Å². The Morgan fingerprint density at radius 1 is 1.07 bits per heavy atom. The summed E-state index contributed by atoms with van der Waals surface area (Å²) in [5, 5.41) is 11.6. The number of ether oxygens (including phenoxy) is 2. The second kappa shape index (κ2) is 10.9. The molecular weight excluding hydrogens is 406 g/mol. The Morgan fingerprint density at radius 2 is 1.77 bits per heavy atom. The highest BCUT2D eigenvalue weighted by molar-refractivity contribution is 7.15. The van der Waals surface area contributed by atoms with Crippen LogP contribution in [0.2, 0.25) is 0 Å². The summed E-state index contributed by atoms with van der Waals surface area (Å²) in [5.41, 5.74) is 0. The Bertz CT molecular complexity index is 834. The van der Waals surface area contributed by atoms with Crippen LogP contribution in [-0.4, -0.2) is 78.3 Å². The van der Waals surface area contributed by atoms with Gasteiger partial charge in [0.2, 0.25) is 16.9 Å². The second-order valence-corrected chi connectivity index (χ2v) is 8.10. The molecule has 1 aromatic heterocycles. The van der Waals surface area contributed by atoms with Gasteiger partial charge >= 0.3 is 0 Å². The van der Waals surface area contributed by atoms with E-state index < -0.39 is 0 Å². The largest absolute Gasteiger partial charge is 0.497 e. The van der Waals surface area contributed by atoms with Crippen molar-refractivity contribution in [1.82, 2.24) is 20.0 Å². The summed E-state index contributed by atoms with van der Waals surface area (Å²) >= 11 is 1.31. The zero-order valence-electron chi connectivity index (χ0n) is 17.3. The van der Waals surface area contributed by atoms with E-state index in [4.69, 9.17) is 9.47 Å². The predicted molar refractivity (Wildman–Crippen MR) is 114 cm³/mol. The van der Waals surface area contributed by atoms with Crippen molar-refractivity contribution in [3.05, 3.63) is 29.3 Å². The molecule has 2 aromatic rings. The molecule has 0 aliphatic carbocycles. The van der Waals surface area contributed by atoms with Crippen LogP contribution in [0.3, 0.4) is 0 Å². The van der Waals surface area contributed by atoms with E-state index in [0.717, 1.165) is 36.1 Å². The molecule has 1 N–H and O–H groups in total. The minimum atomic E-state index is -0.214. The molecule has 10 heteroatoms. The van der Waals surface area contributed by atoms with Crippen molar-refractivity contribution in [1.29, 1.82) is 0 Å². The molecule has 2 amide bonds. The molecule has 0 atom stereocenters. The van der Waals surface area contributed by atoms with E-state index in [1.54, 1.807) is 7.11 Å². The number of aromatic nitrogens is 2. The van der Waals surface area contributed by atoms with Crippen LogP contribution in [0.5, 0.6) is 11.5 Å². The Balaban J connectivity index is 1.30. The van der Waals surface area contributed by atoms with Crippen molar-refractivity contribution in [2.75, 3.05) is 51.8 Å². The fourth-order valence-electron chi connectivity index (χ4n) is 3.09. The number of benzene rings is 1. The highest BCUT2D eigenvalue weighted by Gasteiger charge is 2.21. The number of piperazine rings is 1. The molecule has 2 heterocycles. The smallest absolute Gasteiger partial charge is 0.226 e. The average Bonchev–Trinajstić information content (AvgIpc) is 3.17. The number of nitrogens with zero attached hydrogens (tertiary/aromatic N) is 4. The van der Waals surface area contributed by atoms with E-state index in [1.165, 1.54) is 11.3 Å². The fourth-order valence-corrected chi connectivity index (χ4v) is 3.70. The molecule has 1 saturated heterocycles. The third-order valence-electron chi connectivity index (χ3n) is 4.80. The van der Waals surface area contributed by atoms with Crippen LogP contribution in [0.15, 0.2) is 24.3 Å². The van der Waals surface area contributed by atoms with Crippen LogP contribution >= 0.6 is 11.3 Å². The summed E-state index contributed by atoms with van der Waals surface area (Å²) in [6.07, 6.45) is 0.345. The second-order valence-electron chi connectivity index (χ2n) is 6.92. The van der Waals surface area contributed by atoms with Gasteiger partial charge < -0.3 is 19.7 Å². The maximum atomic E-state index is 12.4. The summed E-state index contributed by atoms with van der Waals surface area (Å²) < 4.78 is 10.9. The number of carbonyl (C=O) groups is 2. The zero-order chi connectivity index (χ0) is 21.3. The molecule has 162 valence electrons. The predicted octanol–water partition coefficient (Wildman–Crippen LogP) is 1.80. The van der Waals surface area contributed by atoms with Crippen molar-refractivity contribution < 1.29 is 19.1 Å². The highest BCUT2D eigenvalue weighted by atomic mass is 32.1.